The fourth-order valence-corrected chi connectivity index (χ4v) is 2.81. The van der Waals surface area contributed by atoms with E-state index in [9.17, 15) is 8.42 Å². The lowest BCUT2D eigenvalue weighted by atomic mass is 10.2. The van der Waals surface area contributed by atoms with Crippen LogP contribution in [0.1, 0.15) is 5.56 Å². The largest absolute Gasteiger partial charge is 0.489 e. The Labute approximate surface area is 152 Å². The summed E-state index contributed by atoms with van der Waals surface area (Å²) >= 11 is 0. The zero-order chi connectivity index (χ0) is 18.4. The standard InChI is InChI=1S/C19H19N3O3S/c1-26(23,24)22-17-9-12-19(20-13-17)21-16-7-10-18(11-8-16)25-14-15-5-3-2-4-6-15/h2-13,22H,14H2,1H3,(H,20,21). The van der Waals surface area contributed by atoms with Crippen LogP contribution in [0.3, 0.4) is 0 Å². The third kappa shape index (κ3) is 5.49. The van der Waals surface area contributed by atoms with Gasteiger partial charge in [0.15, 0.2) is 0 Å². The lowest BCUT2D eigenvalue weighted by Gasteiger charge is -2.09. The second kappa shape index (κ2) is 7.88. The normalized spacial score (nSPS) is 11.0. The van der Waals surface area contributed by atoms with Gasteiger partial charge in [-0.15, -0.1) is 0 Å². The Balaban J connectivity index is 1.57. The molecule has 0 aliphatic rings. The molecule has 6 nitrogen and oxygen atoms in total. The highest BCUT2D eigenvalue weighted by Gasteiger charge is 2.03. The molecule has 0 saturated carbocycles. The van der Waals surface area contributed by atoms with Gasteiger partial charge in [0.05, 0.1) is 18.1 Å². The predicted molar refractivity (Wildman–Crippen MR) is 103 cm³/mol. The summed E-state index contributed by atoms with van der Waals surface area (Å²) in [6, 6.07) is 20.9. The van der Waals surface area contributed by atoms with Gasteiger partial charge in [0.2, 0.25) is 10.0 Å². The predicted octanol–water partition coefficient (Wildman–Crippen LogP) is 3.78. The molecular formula is C19H19N3O3S. The van der Waals surface area contributed by atoms with Crippen LogP contribution in [0.2, 0.25) is 0 Å². The molecule has 1 heterocycles. The zero-order valence-corrected chi connectivity index (χ0v) is 15.0. The van der Waals surface area contributed by atoms with Gasteiger partial charge in [-0.3, -0.25) is 4.72 Å². The number of hydrogen-bond donors (Lipinski definition) is 2. The van der Waals surface area contributed by atoms with E-state index in [1.54, 1.807) is 12.1 Å². The van der Waals surface area contributed by atoms with E-state index in [0.29, 0.717) is 18.1 Å². The van der Waals surface area contributed by atoms with E-state index in [1.807, 2.05) is 54.6 Å². The van der Waals surface area contributed by atoms with Crippen molar-refractivity contribution in [2.75, 3.05) is 16.3 Å². The fraction of sp³-hybridized carbons (Fsp3) is 0.105. The van der Waals surface area contributed by atoms with Gasteiger partial charge >= 0.3 is 0 Å². The van der Waals surface area contributed by atoms with Gasteiger partial charge in [0.1, 0.15) is 18.2 Å². The first-order chi connectivity index (χ1) is 12.5. The van der Waals surface area contributed by atoms with Crippen LogP contribution in [0.25, 0.3) is 0 Å². The van der Waals surface area contributed by atoms with Crippen LogP contribution in [-0.4, -0.2) is 19.7 Å². The number of benzene rings is 2. The maximum atomic E-state index is 11.2. The molecule has 2 N–H and O–H groups in total. The Morgan fingerprint density at radius 3 is 2.23 bits per heavy atom. The monoisotopic (exact) mass is 369 g/mol. The number of nitrogens with zero attached hydrogens (tertiary/aromatic N) is 1. The molecule has 7 heteroatoms. The molecule has 2 aromatic carbocycles. The summed E-state index contributed by atoms with van der Waals surface area (Å²) in [4.78, 5) is 4.19. The van der Waals surface area contributed by atoms with Crippen LogP contribution in [0, 0.1) is 0 Å². The van der Waals surface area contributed by atoms with E-state index in [2.05, 4.69) is 15.0 Å². The van der Waals surface area contributed by atoms with Gasteiger partial charge in [-0.2, -0.15) is 0 Å². The molecule has 0 radical (unpaired) electrons. The van der Waals surface area contributed by atoms with Crippen LogP contribution < -0.4 is 14.8 Å². The summed E-state index contributed by atoms with van der Waals surface area (Å²) in [6.45, 7) is 0.518. The number of nitrogens with one attached hydrogen (secondary N) is 2. The van der Waals surface area contributed by atoms with E-state index in [4.69, 9.17) is 4.74 Å². The van der Waals surface area contributed by atoms with Crippen molar-refractivity contribution >= 4 is 27.2 Å². The number of hydrogen-bond acceptors (Lipinski definition) is 5. The lowest BCUT2D eigenvalue weighted by Crippen LogP contribution is -2.09. The molecular weight excluding hydrogens is 350 g/mol. The summed E-state index contributed by atoms with van der Waals surface area (Å²) in [5.74, 6) is 1.39. The van der Waals surface area contributed by atoms with E-state index in [0.717, 1.165) is 23.3 Å². The number of ether oxygens (including phenoxy) is 1. The average molecular weight is 369 g/mol. The molecule has 0 saturated heterocycles. The van der Waals surface area contributed by atoms with Crippen molar-refractivity contribution in [1.82, 2.24) is 4.98 Å². The first kappa shape index (κ1) is 17.8. The first-order valence-corrected chi connectivity index (χ1v) is 9.85. The molecule has 26 heavy (non-hydrogen) atoms. The van der Waals surface area contributed by atoms with Crippen LogP contribution >= 0.6 is 0 Å². The molecule has 0 atom stereocenters. The third-order valence-corrected chi connectivity index (χ3v) is 4.05. The van der Waals surface area contributed by atoms with Crippen LogP contribution in [0.5, 0.6) is 5.75 Å². The topological polar surface area (TPSA) is 80.3 Å². The Kier molecular flexibility index (Phi) is 5.38. The summed E-state index contributed by atoms with van der Waals surface area (Å²) in [5, 5.41) is 3.15. The van der Waals surface area contributed by atoms with Crippen molar-refractivity contribution in [3.8, 4) is 5.75 Å². The molecule has 0 unspecified atom stereocenters. The zero-order valence-electron chi connectivity index (χ0n) is 14.2. The number of sulfonamides is 1. The van der Waals surface area contributed by atoms with Gasteiger partial charge in [0.25, 0.3) is 0 Å². The van der Waals surface area contributed by atoms with Gasteiger partial charge in [-0.25, -0.2) is 13.4 Å². The third-order valence-electron chi connectivity index (χ3n) is 3.44. The summed E-state index contributed by atoms with van der Waals surface area (Å²) in [6.07, 6.45) is 2.56. The minimum atomic E-state index is -3.30. The number of pyridine rings is 1. The minimum Gasteiger partial charge on any atom is -0.489 e. The van der Waals surface area contributed by atoms with Gasteiger partial charge in [-0.1, -0.05) is 30.3 Å². The quantitative estimate of drug-likeness (QED) is 0.662. The average Bonchev–Trinajstić information content (AvgIpc) is 2.62. The van der Waals surface area contributed by atoms with Crippen molar-refractivity contribution in [2.24, 2.45) is 0 Å². The van der Waals surface area contributed by atoms with Crippen molar-refractivity contribution in [3.05, 3.63) is 78.5 Å². The van der Waals surface area contributed by atoms with Crippen molar-refractivity contribution in [3.63, 3.8) is 0 Å². The molecule has 0 fully saturated rings. The van der Waals surface area contributed by atoms with Gasteiger partial charge in [-0.05, 0) is 42.0 Å². The van der Waals surface area contributed by atoms with E-state index in [-0.39, 0.29) is 0 Å². The fourth-order valence-electron chi connectivity index (χ4n) is 2.27. The maximum Gasteiger partial charge on any atom is 0.229 e. The molecule has 0 amide bonds. The maximum absolute atomic E-state index is 11.2. The molecule has 134 valence electrons. The molecule has 0 aliphatic heterocycles. The van der Waals surface area contributed by atoms with Crippen LogP contribution in [-0.2, 0) is 16.6 Å². The highest BCUT2D eigenvalue weighted by atomic mass is 32.2. The van der Waals surface area contributed by atoms with Crippen molar-refractivity contribution in [1.29, 1.82) is 0 Å². The number of aromatic nitrogens is 1. The smallest absolute Gasteiger partial charge is 0.229 e. The van der Waals surface area contributed by atoms with Crippen molar-refractivity contribution < 1.29 is 13.2 Å². The Bertz CT molecular complexity index is 942. The van der Waals surface area contributed by atoms with Gasteiger partial charge in [0, 0.05) is 5.69 Å². The lowest BCUT2D eigenvalue weighted by molar-refractivity contribution is 0.306. The second-order valence-electron chi connectivity index (χ2n) is 5.73. The number of rotatable bonds is 7. The summed E-state index contributed by atoms with van der Waals surface area (Å²) in [7, 11) is -3.30. The Hall–Kier alpha value is -3.06. The molecule has 0 aliphatic carbocycles. The molecule has 3 aromatic rings. The van der Waals surface area contributed by atoms with Crippen LogP contribution in [0.4, 0.5) is 17.2 Å². The minimum absolute atomic E-state index is 0.419. The molecule has 0 bridgehead atoms. The van der Waals surface area contributed by atoms with Crippen LogP contribution in [0.15, 0.2) is 72.9 Å². The first-order valence-electron chi connectivity index (χ1n) is 7.96. The molecule has 3 rings (SSSR count). The van der Waals surface area contributed by atoms with Gasteiger partial charge < -0.3 is 10.1 Å². The SMILES string of the molecule is CS(=O)(=O)Nc1ccc(Nc2ccc(OCc3ccccc3)cc2)nc1. The van der Waals surface area contributed by atoms with Crippen molar-refractivity contribution in [2.45, 2.75) is 6.61 Å². The second-order valence-corrected chi connectivity index (χ2v) is 7.48. The molecule has 1 aromatic heterocycles. The Morgan fingerprint density at radius 2 is 1.62 bits per heavy atom. The Morgan fingerprint density at radius 1 is 0.923 bits per heavy atom. The number of anilines is 3. The highest BCUT2D eigenvalue weighted by molar-refractivity contribution is 7.92. The summed E-state index contributed by atoms with van der Waals surface area (Å²) < 4.78 is 30.5. The summed E-state index contributed by atoms with van der Waals surface area (Å²) in [5.41, 5.74) is 2.39. The molecule has 0 spiro atoms. The van der Waals surface area contributed by atoms with E-state index < -0.39 is 10.0 Å². The highest BCUT2D eigenvalue weighted by Crippen LogP contribution is 2.20. The van der Waals surface area contributed by atoms with E-state index in [1.165, 1.54) is 6.20 Å². The van der Waals surface area contributed by atoms with E-state index >= 15 is 0 Å².